The van der Waals surface area contributed by atoms with Gasteiger partial charge in [-0.05, 0) is 45.4 Å². The van der Waals surface area contributed by atoms with Gasteiger partial charge >= 0.3 is 6.09 Å². The molecule has 7 heteroatoms. The Labute approximate surface area is 152 Å². The van der Waals surface area contributed by atoms with E-state index in [2.05, 4.69) is 0 Å². The molecule has 142 valence electrons. The second-order valence-corrected chi connectivity index (χ2v) is 8.22. The summed E-state index contributed by atoms with van der Waals surface area (Å²) in [6.45, 7) is 8.24. The Hall–Kier alpha value is -2.15. The Bertz CT molecular complexity index is 692. The van der Waals surface area contributed by atoms with Crippen molar-refractivity contribution in [3.05, 3.63) is 35.6 Å². The number of hydrogen-bond donors (Lipinski definition) is 0. The molecule has 0 N–H and O–H groups in total. The smallest absolute Gasteiger partial charge is 0.410 e. The fourth-order valence-corrected chi connectivity index (χ4v) is 3.31. The van der Waals surface area contributed by atoms with Gasteiger partial charge in [0, 0.05) is 19.5 Å². The highest BCUT2D eigenvalue weighted by Gasteiger charge is 2.52. The average Bonchev–Trinajstić information content (AvgIpc) is 2.99. The number of halogens is 1. The van der Waals surface area contributed by atoms with E-state index in [9.17, 15) is 14.0 Å². The van der Waals surface area contributed by atoms with E-state index >= 15 is 0 Å². The number of hydrogen-bond acceptors (Lipinski definition) is 4. The molecule has 0 aliphatic carbocycles. The number of hydroxylamine groups is 2. The predicted octanol–water partition coefficient (Wildman–Crippen LogP) is 3.29. The minimum atomic E-state index is -0.709. The van der Waals surface area contributed by atoms with E-state index < -0.39 is 17.1 Å². The lowest BCUT2D eigenvalue weighted by molar-refractivity contribution is -0.195. The zero-order chi connectivity index (χ0) is 19.1. The normalized spacial score (nSPS) is 22.1. The zero-order valence-electron chi connectivity index (χ0n) is 15.6. The molecule has 2 aliphatic heterocycles. The molecule has 2 amide bonds. The minimum absolute atomic E-state index is 0.163. The summed E-state index contributed by atoms with van der Waals surface area (Å²) in [6, 6.07) is 5.86. The highest BCUT2D eigenvalue weighted by molar-refractivity contribution is 5.86. The van der Waals surface area contributed by atoms with Crippen LogP contribution in [0.25, 0.3) is 0 Å². The Morgan fingerprint density at radius 1 is 1.23 bits per heavy atom. The van der Waals surface area contributed by atoms with E-state index in [0.717, 1.165) is 5.56 Å². The van der Waals surface area contributed by atoms with E-state index in [-0.39, 0.29) is 30.9 Å². The molecule has 2 heterocycles. The van der Waals surface area contributed by atoms with Crippen LogP contribution in [0.2, 0.25) is 0 Å². The molecule has 2 fully saturated rings. The number of amides is 2. The van der Waals surface area contributed by atoms with Gasteiger partial charge in [0.2, 0.25) is 0 Å². The van der Waals surface area contributed by atoms with Gasteiger partial charge in [0.15, 0.2) is 0 Å². The number of ether oxygens (including phenoxy) is 1. The van der Waals surface area contributed by atoms with Crippen LogP contribution in [-0.2, 0) is 14.4 Å². The van der Waals surface area contributed by atoms with Gasteiger partial charge in [0.05, 0.1) is 18.1 Å². The highest BCUT2D eigenvalue weighted by atomic mass is 19.1. The molecule has 1 atom stereocenters. The molecular weight excluding hydrogens is 339 g/mol. The number of carbonyl (C=O) groups excluding carboxylic acids is 2. The summed E-state index contributed by atoms with van der Waals surface area (Å²) < 4.78 is 18.5. The molecule has 6 nitrogen and oxygen atoms in total. The SMILES string of the molecule is CC(C)(C)OC(=O)N1CC(C)(C(=O)N2OCC[C@H]2c2ccc(F)cc2)C1. The van der Waals surface area contributed by atoms with Gasteiger partial charge in [-0.1, -0.05) is 12.1 Å². The van der Waals surface area contributed by atoms with Crippen LogP contribution in [0, 0.1) is 11.2 Å². The summed E-state index contributed by atoms with van der Waals surface area (Å²) >= 11 is 0. The van der Waals surface area contributed by atoms with Gasteiger partial charge in [-0.2, -0.15) is 0 Å². The summed E-state index contributed by atoms with van der Waals surface area (Å²) in [5.74, 6) is -0.478. The number of rotatable bonds is 2. The summed E-state index contributed by atoms with van der Waals surface area (Å²) in [7, 11) is 0. The number of likely N-dealkylation sites (tertiary alicyclic amines) is 1. The maximum Gasteiger partial charge on any atom is 0.410 e. The summed E-state index contributed by atoms with van der Waals surface area (Å²) in [5, 5.41) is 1.39. The van der Waals surface area contributed by atoms with Gasteiger partial charge in [-0.3, -0.25) is 9.63 Å². The Morgan fingerprint density at radius 2 is 1.85 bits per heavy atom. The zero-order valence-corrected chi connectivity index (χ0v) is 15.6. The molecule has 0 radical (unpaired) electrons. The highest BCUT2D eigenvalue weighted by Crippen LogP contribution is 2.39. The molecule has 0 bridgehead atoms. The standard InChI is InChI=1S/C19H25FN2O4/c1-18(2,3)26-17(24)21-11-19(4,12-21)16(23)22-15(9-10-25-22)13-5-7-14(20)8-6-13/h5-8,15H,9-12H2,1-4H3/t15-/m0/s1. The van der Waals surface area contributed by atoms with Crippen molar-refractivity contribution in [3.8, 4) is 0 Å². The average molecular weight is 364 g/mol. The Kier molecular flexibility index (Phi) is 4.69. The van der Waals surface area contributed by atoms with Crippen molar-refractivity contribution in [2.24, 2.45) is 5.41 Å². The van der Waals surface area contributed by atoms with Crippen LogP contribution in [0.5, 0.6) is 0 Å². The summed E-state index contributed by atoms with van der Waals surface area (Å²) in [5.41, 5.74) is -0.442. The van der Waals surface area contributed by atoms with Crippen LogP contribution >= 0.6 is 0 Å². The molecule has 0 spiro atoms. The van der Waals surface area contributed by atoms with Crippen LogP contribution in [0.4, 0.5) is 9.18 Å². The topological polar surface area (TPSA) is 59.1 Å². The second kappa shape index (κ2) is 6.54. The molecule has 1 aromatic carbocycles. The largest absolute Gasteiger partial charge is 0.444 e. The van der Waals surface area contributed by atoms with Crippen molar-refractivity contribution >= 4 is 12.0 Å². The molecule has 2 aliphatic rings. The molecule has 3 rings (SSSR count). The van der Waals surface area contributed by atoms with Gasteiger partial charge in [0.1, 0.15) is 11.4 Å². The van der Waals surface area contributed by atoms with Crippen LogP contribution in [0.15, 0.2) is 24.3 Å². The van der Waals surface area contributed by atoms with E-state index in [4.69, 9.17) is 9.57 Å². The number of nitrogens with zero attached hydrogens (tertiary/aromatic N) is 2. The van der Waals surface area contributed by atoms with Crippen molar-refractivity contribution < 1.29 is 23.6 Å². The van der Waals surface area contributed by atoms with Crippen molar-refractivity contribution in [1.82, 2.24) is 9.96 Å². The lowest BCUT2D eigenvalue weighted by atomic mass is 9.80. The van der Waals surface area contributed by atoms with Crippen molar-refractivity contribution in [3.63, 3.8) is 0 Å². The van der Waals surface area contributed by atoms with E-state index in [1.165, 1.54) is 22.1 Å². The van der Waals surface area contributed by atoms with Gasteiger partial charge < -0.3 is 9.64 Å². The van der Waals surface area contributed by atoms with Crippen LogP contribution in [0.1, 0.15) is 45.7 Å². The quantitative estimate of drug-likeness (QED) is 0.808. The Morgan fingerprint density at radius 3 is 2.42 bits per heavy atom. The summed E-state index contributed by atoms with van der Waals surface area (Å²) in [4.78, 5) is 32.2. The first kappa shape index (κ1) is 18.6. The fraction of sp³-hybridized carbons (Fsp3) is 0.579. The third-order valence-corrected chi connectivity index (χ3v) is 4.61. The molecule has 2 saturated heterocycles. The summed E-state index contributed by atoms with van der Waals surface area (Å²) in [6.07, 6.45) is 0.240. The first-order valence-corrected chi connectivity index (χ1v) is 8.79. The van der Waals surface area contributed by atoms with Crippen molar-refractivity contribution in [2.45, 2.75) is 45.8 Å². The third kappa shape index (κ3) is 3.67. The first-order chi connectivity index (χ1) is 12.1. The lowest BCUT2D eigenvalue weighted by Crippen LogP contribution is -2.64. The monoisotopic (exact) mass is 364 g/mol. The number of carbonyl (C=O) groups is 2. The molecule has 0 unspecified atom stereocenters. The maximum atomic E-state index is 13.2. The Balaban J connectivity index is 1.65. The fourth-order valence-electron chi connectivity index (χ4n) is 3.31. The van der Waals surface area contributed by atoms with Crippen molar-refractivity contribution in [1.29, 1.82) is 0 Å². The molecule has 0 saturated carbocycles. The van der Waals surface area contributed by atoms with Gasteiger partial charge in [0.25, 0.3) is 5.91 Å². The maximum absolute atomic E-state index is 13.2. The second-order valence-electron chi connectivity index (χ2n) is 8.22. The third-order valence-electron chi connectivity index (χ3n) is 4.61. The van der Waals surface area contributed by atoms with Crippen molar-refractivity contribution in [2.75, 3.05) is 19.7 Å². The van der Waals surface area contributed by atoms with Gasteiger partial charge in [-0.25, -0.2) is 14.2 Å². The van der Waals surface area contributed by atoms with Crippen LogP contribution in [-0.4, -0.2) is 47.3 Å². The predicted molar refractivity (Wildman–Crippen MR) is 92.5 cm³/mol. The van der Waals surface area contributed by atoms with E-state index in [1.54, 1.807) is 32.9 Å². The van der Waals surface area contributed by atoms with E-state index in [0.29, 0.717) is 13.0 Å². The molecule has 1 aromatic rings. The van der Waals surface area contributed by atoms with Crippen LogP contribution in [0.3, 0.4) is 0 Å². The number of benzene rings is 1. The minimum Gasteiger partial charge on any atom is -0.444 e. The van der Waals surface area contributed by atoms with Gasteiger partial charge in [-0.15, -0.1) is 0 Å². The molecule has 26 heavy (non-hydrogen) atoms. The van der Waals surface area contributed by atoms with Crippen LogP contribution < -0.4 is 0 Å². The first-order valence-electron chi connectivity index (χ1n) is 8.79. The molecule has 0 aromatic heterocycles. The van der Waals surface area contributed by atoms with E-state index in [1.807, 2.05) is 6.92 Å². The molecular formula is C19H25FN2O4. The lowest BCUT2D eigenvalue weighted by Gasteiger charge is -2.47.